The lowest BCUT2D eigenvalue weighted by Crippen LogP contribution is -2.57. The van der Waals surface area contributed by atoms with Crippen LogP contribution in [-0.4, -0.2) is 72.9 Å². The molecule has 0 unspecified atom stereocenters. The molecule has 1 N–H and O–H groups in total. The second-order valence-electron chi connectivity index (χ2n) is 10.5. The van der Waals surface area contributed by atoms with Crippen LogP contribution in [0.4, 0.5) is 5.69 Å². The fraction of sp³-hybridized carbons (Fsp3) is 0.483. The molecule has 0 saturated carbocycles. The van der Waals surface area contributed by atoms with Crippen LogP contribution in [0.3, 0.4) is 0 Å². The van der Waals surface area contributed by atoms with Gasteiger partial charge in [-0.05, 0) is 43.9 Å². The zero-order chi connectivity index (χ0) is 25.4. The van der Waals surface area contributed by atoms with E-state index < -0.39 is 11.5 Å². The van der Waals surface area contributed by atoms with Crippen molar-refractivity contribution in [3.63, 3.8) is 0 Å². The fourth-order valence-corrected chi connectivity index (χ4v) is 6.89. The predicted molar refractivity (Wildman–Crippen MR) is 139 cm³/mol. The van der Waals surface area contributed by atoms with Crippen molar-refractivity contribution in [3.8, 4) is 0 Å². The van der Waals surface area contributed by atoms with Crippen molar-refractivity contribution in [1.82, 2.24) is 15.1 Å². The van der Waals surface area contributed by atoms with E-state index in [0.29, 0.717) is 45.6 Å². The maximum absolute atomic E-state index is 14.4. The van der Waals surface area contributed by atoms with Crippen molar-refractivity contribution in [2.24, 2.45) is 5.92 Å². The molecule has 6 rings (SSSR count). The van der Waals surface area contributed by atoms with Gasteiger partial charge in [-0.15, -0.1) is 0 Å². The predicted octanol–water partition coefficient (Wildman–Crippen LogP) is 2.28. The minimum absolute atomic E-state index is 0.0206. The number of fused-ring (bicyclic) bond motifs is 4. The van der Waals surface area contributed by atoms with E-state index in [2.05, 4.69) is 10.2 Å². The average Bonchev–Trinajstić information content (AvgIpc) is 3.57. The third-order valence-corrected chi connectivity index (χ3v) is 8.52. The highest BCUT2D eigenvalue weighted by molar-refractivity contribution is 6.11. The fourth-order valence-electron chi connectivity index (χ4n) is 6.89. The van der Waals surface area contributed by atoms with Crippen LogP contribution in [0.2, 0.25) is 0 Å². The number of benzene rings is 2. The monoisotopic (exact) mass is 502 g/mol. The molecule has 4 aliphatic heterocycles. The van der Waals surface area contributed by atoms with E-state index in [9.17, 15) is 14.4 Å². The lowest BCUT2D eigenvalue weighted by Gasteiger charge is -2.38. The van der Waals surface area contributed by atoms with Crippen LogP contribution in [0.15, 0.2) is 54.6 Å². The number of anilines is 1. The number of para-hydroxylation sites is 1. The minimum Gasteiger partial charge on any atom is -0.367 e. The molecular formula is C29H34N4O4. The third kappa shape index (κ3) is 4.03. The Labute approximate surface area is 217 Å². The first-order valence-corrected chi connectivity index (χ1v) is 13.5. The van der Waals surface area contributed by atoms with Gasteiger partial charge in [-0.2, -0.15) is 0 Å². The first kappa shape index (κ1) is 24.1. The summed E-state index contributed by atoms with van der Waals surface area (Å²) in [5.41, 5.74) is 1.87. The van der Waals surface area contributed by atoms with Gasteiger partial charge in [0.25, 0.3) is 5.91 Å². The Bertz CT molecular complexity index is 1190. The number of rotatable bonds is 4. The van der Waals surface area contributed by atoms with Crippen LogP contribution >= 0.6 is 0 Å². The van der Waals surface area contributed by atoms with Gasteiger partial charge >= 0.3 is 0 Å². The van der Waals surface area contributed by atoms with Gasteiger partial charge in [-0.3, -0.25) is 19.3 Å². The van der Waals surface area contributed by atoms with Gasteiger partial charge in [-0.1, -0.05) is 48.5 Å². The summed E-state index contributed by atoms with van der Waals surface area (Å²) >= 11 is 0. The van der Waals surface area contributed by atoms with Crippen molar-refractivity contribution in [2.45, 2.75) is 43.9 Å². The summed E-state index contributed by atoms with van der Waals surface area (Å²) in [5.74, 6) is -0.581. The molecule has 3 atom stereocenters. The topological polar surface area (TPSA) is 82.2 Å². The van der Waals surface area contributed by atoms with Crippen molar-refractivity contribution in [2.75, 3.05) is 44.2 Å². The molecule has 4 heterocycles. The van der Waals surface area contributed by atoms with E-state index in [1.807, 2.05) is 59.5 Å². The van der Waals surface area contributed by atoms with Gasteiger partial charge in [0.15, 0.2) is 0 Å². The molecule has 0 aliphatic carbocycles. The number of ether oxygens (including phenoxy) is 1. The second-order valence-corrected chi connectivity index (χ2v) is 10.5. The maximum Gasteiger partial charge on any atom is 0.253 e. The van der Waals surface area contributed by atoms with Crippen LogP contribution in [0, 0.1) is 5.92 Å². The lowest BCUT2D eigenvalue weighted by atomic mass is 9.78. The zero-order valence-corrected chi connectivity index (χ0v) is 21.1. The molecule has 4 aliphatic rings. The van der Waals surface area contributed by atoms with Crippen molar-refractivity contribution < 1.29 is 19.1 Å². The summed E-state index contributed by atoms with van der Waals surface area (Å²) in [7, 11) is 0. The van der Waals surface area contributed by atoms with Gasteiger partial charge in [0.05, 0.1) is 12.5 Å². The van der Waals surface area contributed by atoms with Crippen molar-refractivity contribution in [1.29, 1.82) is 0 Å². The number of carbonyl (C=O) groups is 3. The highest BCUT2D eigenvalue weighted by Crippen LogP contribution is 2.56. The first-order chi connectivity index (χ1) is 18.1. The standard InChI is InChI=1S/C29H34N4O4/c34-26(20-37-19-21-8-2-1-3-9-21)31-14-7-13-30-27(35)24-18-22-10-6-15-33(22)29(24)23-11-4-5-12-25(23)32(17-16-31)28(29)36/h1-5,8-9,11-12,22,24H,6-7,10,13-20H2,(H,30,35)/t22-,24-,29+/m0/s1. The SMILES string of the molecule is O=C1NCCCN(C(=O)COCc2ccccc2)CCN2C(=O)[C@@]3(c4ccccc42)[C@H]1C[C@@H]1CCCN13. The first-order valence-electron chi connectivity index (χ1n) is 13.5. The van der Waals surface area contributed by atoms with Crippen LogP contribution in [0.25, 0.3) is 0 Å². The number of nitrogens with one attached hydrogen (secondary N) is 1. The Kier molecular flexibility index (Phi) is 6.46. The molecule has 8 nitrogen and oxygen atoms in total. The molecule has 1 spiro atoms. The number of hydrogen-bond acceptors (Lipinski definition) is 5. The molecule has 3 amide bonds. The van der Waals surface area contributed by atoms with Gasteiger partial charge in [0.2, 0.25) is 11.8 Å². The Morgan fingerprint density at radius 2 is 1.78 bits per heavy atom. The molecule has 3 saturated heterocycles. The molecule has 0 aromatic heterocycles. The highest BCUT2D eigenvalue weighted by Gasteiger charge is 2.67. The van der Waals surface area contributed by atoms with Gasteiger partial charge in [0.1, 0.15) is 12.1 Å². The zero-order valence-electron chi connectivity index (χ0n) is 21.1. The number of hydrogen-bond donors (Lipinski definition) is 1. The Morgan fingerprint density at radius 3 is 2.65 bits per heavy atom. The van der Waals surface area contributed by atoms with E-state index in [-0.39, 0.29) is 30.4 Å². The van der Waals surface area contributed by atoms with Crippen molar-refractivity contribution in [3.05, 3.63) is 65.7 Å². The van der Waals surface area contributed by atoms with E-state index in [4.69, 9.17) is 4.74 Å². The summed E-state index contributed by atoms with van der Waals surface area (Å²) in [4.78, 5) is 47.0. The molecule has 2 aromatic carbocycles. The van der Waals surface area contributed by atoms with Crippen LogP contribution in [-0.2, 0) is 31.3 Å². The maximum atomic E-state index is 14.4. The highest BCUT2D eigenvalue weighted by atomic mass is 16.5. The smallest absolute Gasteiger partial charge is 0.253 e. The molecule has 37 heavy (non-hydrogen) atoms. The molecule has 2 aromatic rings. The van der Waals surface area contributed by atoms with E-state index >= 15 is 0 Å². The van der Waals surface area contributed by atoms with E-state index in [1.54, 1.807) is 4.90 Å². The Balaban J connectivity index is 1.25. The second kappa shape index (κ2) is 9.91. The number of nitrogens with zero attached hydrogens (tertiary/aromatic N) is 3. The Morgan fingerprint density at radius 1 is 0.973 bits per heavy atom. The van der Waals surface area contributed by atoms with Crippen LogP contribution < -0.4 is 10.2 Å². The van der Waals surface area contributed by atoms with Crippen molar-refractivity contribution >= 4 is 23.4 Å². The summed E-state index contributed by atoms with van der Waals surface area (Å²) in [6.45, 7) is 2.97. The number of carbonyl (C=O) groups excluding carboxylic acids is 3. The van der Waals surface area contributed by atoms with Crippen LogP contribution in [0.1, 0.15) is 36.8 Å². The molecule has 2 bridgehead atoms. The van der Waals surface area contributed by atoms with Gasteiger partial charge < -0.3 is 19.9 Å². The summed E-state index contributed by atoms with van der Waals surface area (Å²) in [6.07, 6.45) is 3.43. The molecule has 8 heteroatoms. The molecular weight excluding hydrogens is 468 g/mol. The van der Waals surface area contributed by atoms with Gasteiger partial charge in [0, 0.05) is 43.5 Å². The summed E-state index contributed by atoms with van der Waals surface area (Å²) < 4.78 is 5.72. The lowest BCUT2D eigenvalue weighted by molar-refractivity contribution is -0.139. The summed E-state index contributed by atoms with van der Waals surface area (Å²) in [6, 6.07) is 17.9. The largest absolute Gasteiger partial charge is 0.367 e. The van der Waals surface area contributed by atoms with E-state index in [0.717, 1.165) is 36.2 Å². The molecule has 194 valence electrons. The minimum atomic E-state index is -0.950. The van der Waals surface area contributed by atoms with E-state index in [1.165, 1.54) is 0 Å². The quantitative estimate of drug-likeness (QED) is 0.694. The number of amides is 3. The summed E-state index contributed by atoms with van der Waals surface area (Å²) in [5, 5.41) is 3.11. The third-order valence-electron chi connectivity index (χ3n) is 8.52. The Hall–Kier alpha value is -3.23. The molecule has 3 fully saturated rings. The normalized spacial score (nSPS) is 27.7. The van der Waals surface area contributed by atoms with Gasteiger partial charge in [-0.25, -0.2) is 0 Å². The molecule has 0 radical (unpaired) electrons. The van der Waals surface area contributed by atoms with Crippen LogP contribution in [0.5, 0.6) is 0 Å². The average molecular weight is 503 g/mol.